The van der Waals surface area contributed by atoms with Crippen molar-refractivity contribution in [3.63, 3.8) is 0 Å². The number of nitrogens with zero attached hydrogens (tertiary/aromatic N) is 3. The normalized spacial score (nSPS) is 19.9. The van der Waals surface area contributed by atoms with E-state index in [1.807, 2.05) is 11.9 Å². The minimum absolute atomic E-state index is 0.0831. The highest BCUT2D eigenvalue weighted by molar-refractivity contribution is 5.82. The summed E-state index contributed by atoms with van der Waals surface area (Å²) in [6.45, 7) is 7.13. The maximum atomic E-state index is 13.3. The van der Waals surface area contributed by atoms with Crippen LogP contribution in [0.5, 0.6) is 0 Å². The minimum atomic E-state index is -0.397. The number of carbonyl (C=O) groups is 1. The van der Waals surface area contributed by atoms with E-state index in [0.29, 0.717) is 19.2 Å². The van der Waals surface area contributed by atoms with Gasteiger partial charge >= 0.3 is 0 Å². The standard InChI is InChI=1S/C24H35N5O2/c1-17-6-8-20(9-7-17)29-21(5-4-12-25-3)15-22(27-29)18(2)28(19-10-11-19)24(30)23-16-26-13-14-31-23/h6-9,15,18-19,23,25-26H,4-5,10-14,16H2,1-3H3/t18-,23-/m1/s1. The number of hydrogen-bond acceptors (Lipinski definition) is 5. The summed E-state index contributed by atoms with van der Waals surface area (Å²) in [6, 6.07) is 10.9. The van der Waals surface area contributed by atoms with Crippen molar-refractivity contribution in [3.05, 3.63) is 47.3 Å². The van der Waals surface area contributed by atoms with Crippen LogP contribution in [-0.4, -0.2) is 66.0 Å². The lowest BCUT2D eigenvalue weighted by molar-refractivity contribution is -0.148. The maximum absolute atomic E-state index is 13.3. The van der Waals surface area contributed by atoms with E-state index in [1.165, 1.54) is 11.3 Å². The van der Waals surface area contributed by atoms with Crippen molar-refractivity contribution in [1.29, 1.82) is 0 Å². The zero-order chi connectivity index (χ0) is 21.8. The number of aromatic nitrogens is 2. The van der Waals surface area contributed by atoms with Gasteiger partial charge in [0.1, 0.15) is 6.10 Å². The van der Waals surface area contributed by atoms with Crippen LogP contribution in [0.3, 0.4) is 0 Å². The number of rotatable bonds is 9. The fourth-order valence-corrected chi connectivity index (χ4v) is 4.25. The van der Waals surface area contributed by atoms with E-state index < -0.39 is 6.10 Å². The van der Waals surface area contributed by atoms with Crippen LogP contribution in [-0.2, 0) is 16.0 Å². The molecule has 2 aromatic rings. The molecule has 1 aromatic heterocycles. The molecule has 2 fully saturated rings. The molecule has 1 saturated carbocycles. The van der Waals surface area contributed by atoms with Crippen LogP contribution in [0, 0.1) is 6.92 Å². The predicted octanol–water partition coefficient (Wildman–Crippen LogP) is 2.37. The first-order valence-electron chi connectivity index (χ1n) is 11.5. The van der Waals surface area contributed by atoms with Crippen LogP contribution >= 0.6 is 0 Å². The van der Waals surface area contributed by atoms with E-state index in [-0.39, 0.29) is 11.9 Å². The van der Waals surface area contributed by atoms with Crippen molar-refractivity contribution in [2.45, 2.75) is 57.7 Å². The number of morpholine rings is 1. The molecule has 2 aliphatic rings. The molecular weight excluding hydrogens is 390 g/mol. The zero-order valence-electron chi connectivity index (χ0n) is 18.9. The lowest BCUT2D eigenvalue weighted by atomic mass is 10.1. The van der Waals surface area contributed by atoms with Gasteiger partial charge in [-0.25, -0.2) is 4.68 Å². The Hall–Kier alpha value is -2.22. The number of ether oxygens (including phenoxy) is 1. The van der Waals surface area contributed by atoms with Gasteiger partial charge in [-0.15, -0.1) is 0 Å². The highest BCUT2D eigenvalue weighted by Gasteiger charge is 2.40. The summed E-state index contributed by atoms with van der Waals surface area (Å²) in [5.41, 5.74) is 4.42. The molecule has 7 heteroatoms. The number of amides is 1. The average molecular weight is 426 g/mol. The molecule has 31 heavy (non-hydrogen) atoms. The van der Waals surface area contributed by atoms with Crippen LogP contribution in [0.15, 0.2) is 30.3 Å². The first-order valence-corrected chi connectivity index (χ1v) is 11.5. The average Bonchev–Trinajstić information content (AvgIpc) is 3.53. The Morgan fingerprint density at radius 3 is 2.77 bits per heavy atom. The van der Waals surface area contributed by atoms with Crippen molar-refractivity contribution in [2.24, 2.45) is 0 Å². The summed E-state index contributed by atoms with van der Waals surface area (Å²) in [5, 5.41) is 11.5. The molecule has 0 radical (unpaired) electrons. The van der Waals surface area contributed by atoms with Gasteiger partial charge < -0.3 is 20.3 Å². The zero-order valence-corrected chi connectivity index (χ0v) is 18.9. The van der Waals surface area contributed by atoms with Gasteiger partial charge in [-0.05, 0) is 71.3 Å². The van der Waals surface area contributed by atoms with E-state index in [0.717, 1.165) is 50.2 Å². The minimum Gasteiger partial charge on any atom is -0.366 e. The van der Waals surface area contributed by atoms with Gasteiger partial charge in [-0.3, -0.25) is 4.79 Å². The van der Waals surface area contributed by atoms with Crippen molar-refractivity contribution in [3.8, 4) is 5.69 Å². The van der Waals surface area contributed by atoms with Gasteiger partial charge in [0.05, 0.1) is 24.0 Å². The lowest BCUT2D eigenvalue weighted by Gasteiger charge is -2.33. The van der Waals surface area contributed by atoms with Gasteiger partial charge in [-0.2, -0.15) is 5.10 Å². The number of benzene rings is 1. The smallest absolute Gasteiger partial charge is 0.253 e. The van der Waals surface area contributed by atoms with Gasteiger partial charge in [-0.1, -0.05) is 17.7 Å². The van der Waals surface area contributed by atoms with Gasteiger partial charge in [0.2, 0.25) is 0 Å². The molecule has 1 aromatic carbocycles. The molecule has 4 rings (SSSR count). The van der Waals surface area contributed by atoms with E-state index in [1.54, 1.807) is 0 Å². The molecule has 1 aliphatic carbocycles. The quantitative estimate of drug-likeness (QED) is 0.604. The fraction of sp³-hybridized carbons (Fsp3) is 0.583. The molecule has 168 valence electrons. The third-order valence-electron chi connectivity index (χ3n) is 6.18. The number of aryl methyl sites for hydroxylation is 2. The summed E-state index contributed by atoms with van der Waals surface area (Å²) in [7, 11) is 1.98. The van der Waals surface area contributed by atoms with E-state index in [4.69, 9.17) is 9.84 Å². The van der Waals surface area contributed by atoms with Gasteiger partial charge in [0.25, 0.3) is 5.91 Å². The molecule has 2 N–H and O–H groups in total. The van der Waals surface area contributed by atoms with E-state index in [2.05, 4.69) is 59.5 Å². The SMILES string of the molecule is CNCCCc1cc([C@@H](C)N(C(=O)[C@H]2CNCCO2)C2CC2)nn1-c1ccc(C)cc1. The van der Waals surface area contributed by atoms with Crippen LogP contribution in [0.1, 0.15) is 49.2 Å². The first kappa shape index (κ1) is 22.0. The Kier molecular flexibility index (Phi) is 7.05. The van der Waals surface area contributed by atoms with Crippen molar-refractivity contribution in [1.82, 2.24) is 25.3 Å². The van der Waals surface area contributed by atoms with E-state index in [9.17, 15) is 4.79 Å². The summed E-state index contributed by atoms with van der Waals surface area (Å²) in [5.74, 6) is 0.0869. The number of hydrogen-bond donors (Lipinski definition) is 2. The van der Waals surface area contributed by atoms with Crippen molar-refractivity contribution in [2.75, 3.05) is 33.3 Å². The molecule has 7 nitrogen and oxygen atoms in total. The highest BCUT2D eigenvalue weighted by atomic mass is 16.5. The molecule has 1 amide bonds. The van der Waals surface area contributed by atoms with Gasteiger partial charge in [0, 0.05) is 24.8 Å². The van der Waals surface area contributed by atoms with Gasteiger partial charge in [0.15, 0.2) is 0 Å². The third kappa shape index (κ3) is 5.17. The van der Waals surface area contributed by atoms with Crippen molar-refractivity contribution < 1.29 is 9.53 Å². The summed E-state index contributed by atoms with van der Waals surface area (Å²) in [4.78, 5) is 15.3. The second kappa shape index (κ2) is 9.94. The van der Waals surface area contributed by atoms with Crippen LogP contribution in [0.25, 0.3) is 5.69 Å². The van der Waals surface area contributed by atoms with Crippen LogP contribution in [0.2, 0.25) is 0 Å². The molecule has 0 bridgehead atoms. The fourth-order valence-electron chi connectivity index (χ4n) is 4.25. The molecule has 1 aliphatic heterocycles. The number of carbonyl (C=O) groups excluding carboxylic acids is 1. The second-order valence-electron chi connectivity index (χ2n) is 8.73. The predicted molar refractivity (Wildman–Crippen MR) is 121 cm³/mol. The number of nitrogens with one attached hydrogen (secondary N) is 2. The summed E-state index contributed by atoms with van der Waals surface area (Å²) < 4.78 is 7.82. The Morgan fingerprint density at radius 2 is 2.13 bits per heavy atom. The van der Waals surface area contributed by atoms with E-state index >= 15 is 0 Å². The molecule has 0 spiro atoms. The second-order valence-corrected chi connectivity index (χ2v) is 8.73. The molecule has 0 unspecified atom stereocenters. The van der Waals surface area contributed by atoms with Crippen LogP contribution < -0.4 is 10.6 Å². The Balaban J connectivity index is 1.61. The topological polar surface area (TPSA) is 71.4 Å². The third-order valence-corrected chi connectivity index (χ3v) is 6.18. The van der Waals surface area contributed by atoms with Crippen LogP contribution in [0.4, 0.5) is 0 Å². The molecule has 2 heterocycles. The Bertz CT molecular complexity index is 869. The molecular formula is C24H35N5O2. The monoisotopic (exact) mass is 425 g/mol. The largest absolute Gasteiger partial charge is 0.366 e. The summed E-state index contributed by atoms with van der Waals surface area (Å²) >= 11 is 0. The Labute approximate surface area is 185 Å². The molecule has 1 saturated heterocycles. The lowest BCUT2D eigenvalue weighted by Crippen LogP contribution is -2.50. The van der Waals surface area contributed by atoms with Crippen molar-refractivity contribution >= 4 is 5.91 Å². The Morgan fingerprint density at radius 1 is 1.35 bits per heavy atom. The highest BCUT2D eigenvalue weighted by Crippen LogP contribution is 2.35. The first-order chi connectivity index (χ1) is 15.1. The summed E-state index contributed by atoms with van der Waals surface area (Å²) in [6.07, 6.45) is 3.69. The maximum Gasteiger partial charge on any atom is 0.253 e. The molecule has 2 atom stereocenters.